The van der Waals surface area contributed by atoms with Gasteiger partial charge in [-0.25, -0.2) is 8.42 Å². The zero-order valence-electron chi connectivity index (χ0n) is 24.4. The van der Waals surface area contributed by atoms with Gasteiger partial charge in [-0.05, 0) is 42.7 Å². The van der Waals surface area contributed by atoms with Crippen molar-refractivity contribution >= 4 is 61.8 Å². The number of nitrogens with zero attached hydrogens (tertiary/aromatic N) is 2. The molecule has 7 rings (SSSR count). The van der Waals surface area contributed by atoms with Crippen LogP contribution in [0.4, 0.5) is 11.4 Å². The average molecular weight is 651 g/mol. The molecule has 0 atom stereocenters. The van der Waals surface area contributed by atoms with Gasteiger partial charge in [0.05, 0.1) is 20.2 Å². The van der Waals surface area contributed by atoms with Gasteiger partial charge >= 0.3 is 0 Å². The maximum absolute atomic E-state index is 12.9. The Kier molecular flexibility index (Phi) is 9.21. The standard InChI is InChI=1S/C20H16NO3S.C16H14NOS2/c22-25(23,18-11-5-2-6-12-18)19-13-7-8-16-14-21(15-24-20(16)19)17-9-3-1-4-10-17;1-20-16(19)14-9-5-6-12-10-17(11-18-15(12)14)13-7-3-2-4-8-13/h1-14H,15H2;2-10H,11H2,1H3/q2*+1. The molecule has 5 aromatic carbocycles. The number of hydrogen-bond donors (Lipinski definition) is 0. The van der Waals surface area contributed by atoms with Gasteiger partial charge in [0.1, 0.15) is 10.6 Å². The van der Waals surface area contributed by atoms with E-state index < -0.39 is 9.84 Å². The summed E-state index contributed by atoms with van der Waals surface area (Å²) in [4.78, 5) is 0.456. The van der Waals surface area contributed by atoms with Crippen LogP contribution in [0, 0.1) is 0 Å². The number of fused-ring (bicyclic) bond motifs is 2. The van der Waals surface area contributed by atoms with Crippen molar-refractivity contribution in [2.75, 3.05) is 19.7 Å². The van der Waals surface area contributed by atoms with E-state index in [2.05, 4.69) is 29.0 Å². The molecule has 0 saturated heterocycles. The van der Waals surface area contributed by atoms with E-state index >= 15 is 0 Å². The summed E-state index contributed by atoms with van der Waals surface area (Å²) in [6.45, 7) is 0.767. The molecule has 0 radical (unpaired) electrons. The van der Waals surface area contributed by atoms with Crippen LogP contribution in [-0.2, 0) is 9.84 Å². The van der Waals surface area contributed by atoms with E-state index in [0.717, 1.165) is 38.0 Å². The van der Waals surface area contributed by atoms with Crippen molar-refractivity contribution < 1.29 is 27.0 Å². The molecule has 0 fully saturated rings. The van der Waals surface area contributed by atoms with Crippen molar-refractivity contribution in [1.29, 1.82) is 0 Å². The highest BCUT2D eigenvalue weighted by molar-refractivity contribution is 8.23. The van der Waals surface area contributed by atoms with Crippen molar-refractivity contribution in [2.24, 2.45) is 0 Å². The van der Waals surface area contributed by atoms with Crippen LogP contribution in [0.3, 0.4) is 0 Å². The molecular weight excluding hydrogens is 621 g/mol. The Bertz CT molecular complexity index is 2010. The minimum Gasteiger partial charge on any atom is -0.434 e. The fraction of sp³-hybridized carbons (Fsp3) is 0.0833. The summed E-state index contributed by atoms with van der Waals surface area (Å²) in [5.74, 6) is 1.29. The lowest BCUT2D eigenvalue weighted by Crippen LogP contribution is -2.22. The molecule has 6 nitrogen and oxygen atoms in total. The Morgan fingerprint density at radius 1 is 0.644 bits per heavy atom. The molecule has 224 valence electrons. The van der Waals surface area contributed by atoms with Gasteiger partial charge in [-0.1, -0.05) is 78.9 Å². The Labute approximate surface area is 272 Å². The van der Waals surface area contributed by atoms with E-state index in [9.17, 15) is 8.42 Å². The summed E-state index contributed by atoms with van der Waals surface area (Å²) in [5.41, 5.74) is 4.93. The van der Waals surface area contributed by atoms with E-state index in [4.69, 9.17) is 21.7 Å². The predicted octanol–water partition coefficient (Wildman–Crippen LogP) is 7.47. The number of thiocarbonyl (C=S) groups is 1. The highest BCUT2D eigenvalue weighted by Gasteiger charge is 2.28. The van der Waals surface area contributed by atoms with Crippen LogP contribution in [0.5, 0.6) is 11.5 Å². The molecule has 0 spiro atoms. The van der Waals surface area contributed by atoms with E-state index in [1.807, 2.05) is 83.8 Å². The van der Waals surface area contributed by atoms with Crippen LogP contribution >= 0.6 is 24.0 Å². The zero-order valence-corrected chi connectivity index (χ0v) is 26.9. The SMILES string of the molecule is CSC(=S)c1cccc2c1OC[N+](c1ccccc1)=C2.O=S(=O)(c1ccccc1)c1cccc2c1OC[N+](c1ccccc1)=C2. The summed E-state index contributed by atoms with van der Waals surface area (Å²) in [5, 5.41) is 0. The highest BCUT2D eigenvalue weighted by Crippen LogP contribution is 2.34. The Balaban J connectivity index is 0.000000163. The monoisotopic (exact) mass is 650 g/mol. The second-order valence-electron chi connectivity index (χ2n) is 10.1. The molecular formula is C36H30N2O4S3+2. The van der Waals surface area contributed by atoms with Gasteiger partial charge in [0.15, 0.2) is 18.2 Å². The largest absolute Gasteiger partial charge is 0.434 e. The summed E-state index contributed by atoms with van der Waals surface area (Å²) in [6.07, 6.45) is 6.02. The molecule has 0 aromatic heterocycles. The number of rotatable bonds is 5. The lowest BCUT2D eigenvalue weighted by molar-refractivity contribution is -0.476. The van der Waals surface area contributed by atoms with Gasteiger partial charge in [0, 0.05) is 29.8 Å². The summed E-state index contributed by atoms with van der Waals surface area (Å²) in [7, 11) is -3.63. The normalized spacial score (nSPS) is 13.4. The van der Waals surface area contributed by atoms with Crippen molar-refractivity contribution in [3.05, 3.63) is 144 Å². The van der Waals surface area contributed by atoms with Crippen LogP contribution in [0.2, 0.25) is 0 Å². The van der Waals surface area contributed by atoms with Gasteiger partial charge in [-0.15, -0.1) is 11.8 Å². The number of benzene rings is 5. The third-order valence-corrected chi connectivity index (χ3v) is 10.4. The average Bonchev–Trinajstić information content (AvgIpc) is 3.11. The second kappa shape index (κ2) is 13.6. The second-order valence-corrected chi connectivity index (χ2v) is 13.5. The van der Waals surface area contributed by atoms with Crippen LogP contribution in [0.1, 0.15) is 16.7 Å². The molecule has 5 aromatic rings. The zero-order chi connectivity index (χ0) is 31.2. The molecule has 45 heavy (non-hydrogen) atoms. The van der Waals surface area contributed by atoms with Gasteiger partial charge in [-0.3, -0.25) is 0 Å². The smallest absolute Gasteiger partial charge is 0.292 e. The first-order valence-corrected chi connectivity index (χ1v) is 17.3. The molecule has 2 aliphatic rings. The summed E-state index contributed by atoms with van der Waals surface area (Å²) < 4.78 is 42.6. The van der Waals surface area contributed by atoms with Gasteiger partial charge < -0.3 is 9.47 Å². The summed E-state index contributed by atoms with van der Waals surface area (Å²) in [6, 6.07) is 39.7. The molecule has 2 heterocycles. The molecule has 0 unspecified atom stereocenters. The van der Waals surface area contributed by atoms with Gasteiger partial charge in [0.25, 0.3) is 13.5 Å². The van der Waals surface area contributed by atoms with E-state index in [-0.39, 0.29) is 16.5 Å². The number of hydrogen-bond acceptors (Lipinski definition) is 6. The lowest BCUT2D eigenvalue weighted by Gasteiger charge is -2.17. The van der Waals surface area contributed by atoms with Crippen LogP contribution in [0.15, 0.2) is 137 Å². The molecule has 0 aliphatic carbocycles. The molecule has 0 amide bonds. The predicted molar refractivity (Wildman–Crippen MR) is 184 cm³/mol. The molecule has 2 aliphatic heterocycles. The number of thioether (sulfide) groups is 1. The first-order valence-electron chi connectivity index (χ1n) is 14.2. The van der Waals surface area contributed by atoms with Crippen molar-refractivity contribution in [3.8, 4) is 11.5 Å². The number of ether oxygens (including phenoxy) is 2. The Hall–Kier alpha value is -4.57. The minimum atomic E-state index is -3.63. The topological polar surface area (TPSA) is 58.6 Å². The van der Waals surface area contributed by atoms with E-state index in [0.29, 0.717) is 12.5 Å². The third kappa shape index (κ3) is 6.61. The Morgan fingerprint density at radius 3 is 1.69 bits per heavy atom. The highest BCUT2D eigenvalue weighted by atomic mass is 32.2. The van der Waals surface area contributed by atoms with Crippen LogP contribution in [-0.4, -0.2) is 53.9 Å². The van der Waals surface area contributed by atoms with E-state index in [1.165, 1.54) is 0 Å². The molecule has 9 heteroatoms. The van der Waals surface area contributed by atoms with Crippen molar-refractivity contribution in [3.63, 3.8) is 0 Å². The maximum atomic E-state index is 12.9. The van der Waals surface area contributed by atoms with Crippen LogP contribution in [0.25, 0.3) is 0 Å². The fourth-order valence-electron chi connectivity index (χ4n) is 5.03. The van der Waals surface area contributed by atoms with Gasteiger partial charge in [0.2, 0.25) is 21.2 Å². The first-order chi connectivity index (χ1) is 22.0. The quantitative estimate of drug-likeness (QED) is 0.145. The third-order valence-electron chi connectivity index (χ3n) is 7.26. The molecule has 0 N–H and O–H groups in total. The minimum absolute atomic E-state index is 0.195. The first kappa shape index (κ1) is 30.5. The lowest BCUT2D eigenvalue weighted by atomic mass is 10.1. The Morgan fingerprint density at radius 2 is 1.13 bits per heavy atom. The van der Waals surface area contributed by atoms with Crippen LogP contribution < -0.4 is 9.47 Å². The fourth-order valence-corrected chi connectivity index (χ4v) is 7.02. The molecule has 0 saturated carbocycles. The van der Waals surface area contributed by atoms with E-state index in [1.54, 1.807) is 54.2 Å². The maximum Gasteiger partial charge on any atom is 0.292 e. The number of sulfone groups is 1. The van der Waals surface area contributed by atoms with Gasteiger partial charge in [-0.2, -0.15) is 9.15 Å². The van der Waals surface area contributed by atoms with Crippen molar-refractivity contribution in [2.45, 2.75) is 9.79 Å². The number of para-hydroxylation sites is 4. The summed E-state index contributed by atoms with van der Waals surface area (Å²) >= 11 is 6.96. The molecule has 0 bridgehead atoms. The van der Waals surface area contributed by atoms with Crippen molar-refractivity contribution in [1.82, 2.24) is 0 Å².